The van der Waals surface area contributed by atoms with E-state index >= 15 is 0 Å². The Morgan fingerprint density at radius 2 is 2.19 bits per heavy atom. The molecule has 1 saturated heterocycles. The number of likely N-dealkylation sites (N-methyl/N-ethyl adjacent to an activating group) is 1. The topological polar surface area (TPSA) is 37.4 Å². The van der Waals surface area contributed by atoms with Gasteiger partial charge in [0.15, 0.2) is 0 Å². The lowest BCUT2D eigenvalue weighted by Gasteiger charge is -2.32. The van der Waals surface area contributed by atoms with Crippen molar-refractivity contribution in [2.45, 2.75) is 19.6 Å². The first-order chi connectivity index (χ1) is 10.3. The number of para-hydroxylation sites is 1. The predicted octanol–water partition coefficient (Wildman–Crippen LogP) is 2.05. The molecule has 3 rings (SSSR count). The third-order valence-electron chi connectivity index (χ3n) is 4.00. The van der Waals surface area contributed by atoms with Crippen LogP contribution in [-0.4, -0.2) is 48.8 Å². The van der Waals surface area contributed by atoms with Gasteiger partial charge in [0.05, 0.1) is 23.9 Å². The van der Waals surface area contributed by atoms with E-state index in [1.165, 1.54) is 5.39 Å². The van der Waals surface area contributed by atoms with Crippen molar-refractivity contribution in [3.63, 3.8) is 0 Å². The summed E-state index contributed by atoms with van der Waals surface area (Å²) in [6, 6.07) is 12.4. The highest BCUT2D eigenvalue weighted by Gasteiger charge is 2.18. The van der Waals surface area contributed by atoms with Crippen molar-refractivity contribution in [1.82, 2.24) is 15.2 Å². The van der Waals surface area contributed by atoms with Crippen LogP contribution in [0, 0.1) is 0 Å². The van der Waals surface area contributed by atoms with Crippen LogP contribution >= 0.6 is 0 Å². The third kappa shape index (κ3) is 3.79. The maximum absolute atomic E-state index is 5.79. The molecule has 1 aliphatic heterocycles. The summed E-state index contributed by atoms with van der Waals surface area (Å²) in [5.41, 5.74) is 2.14. The predicted molar refractivity (Wildman–Crippen MR) is 85.3 cm³/mol. The van der Waals surface area contributed by atoms with Gasteiger partial charge in [-0.25, -0.2) is 0 Å². The second-order valence-electron chi connectivity index (χ2n) is 5.51. The zero-order valence-corrected chi connectivity index (χ0v) is 12.6. The molecule has 0 amide bonds. The second kappa shape index (κ2) is 6.98. The minimum Gasteiger partial charge on any atom is -0.374 e. The lowest BCUT2D eigenvalue weighted by Crippen LogP contribution is -2.46. The van der Waals surface area contributed by atoms with E-state index in [0.29, 0.717) is 6.10 Å². The molecule has 1 unspecified atom stereocenters. The van der Waals surface area contributed by atoms with Gasteiger partial charge in [-0.3, -0.25) is 9.88 Å². The molecule has 112 valence electrons. The average molecular weight is 285 g/mol. The van der Waals surface area contributed by atoms with E-state index in [1.54, 1.807) is 0 Å². The van der Waals surface area contributed by atoms with E-state index in [2.05, 4.69) is 46.4 Å². The van der Waals surface area contributed by atoms with Gasteiger partial charge < -0.3 is 10.1 Å². The number of rotatable bonds is 5. The Bertz CT molecular complexity index is 587. The molecule has 4 nitrogen and oxygen atoms in total. The Kier molecular flexibility index (Phi) is 4.80. The van der Waals surface area contributed by atoms with E-state index in [9.17, 15) is 0 Å². The monoisotopic (exact) mass is 285 g/mol. The Balaban J connectivity index is 1.52. The molecule has 4 heteroatoms. The van der Waals surface area contributed by atoms with Crippen molar-refractivity contribution in [3.8, 4) is 0 Å². The highest BCUT2D eigenvalue weighted by Crippen LogP contribution is 2.11. The number of aromatic nitrogens is 1. The number of fused-ring (bicyclic) bond motifs is 1. The minimum absolute atomic E-state index is 0.291. The van der Waals surface area contributed by atoms with Crippen LogP contribution < -0.4 is 5.32 Å². The molecule has 0 aliphatic carbocycles. The molecule has 1 aliphatic rings. The van der Waals surface area contributed by atoms with E-state index in [0.717, 1.165) is 50.5 Å². The third-order valence-corrected chi connectivity index (χ3v) is 4.00. The van der Waals surface area contributed by atoms with Gasteiger partial charge in [0.25, 0.3) is 0 Å². The van der Waals surface area contributed by atoms with Gasteiger partial charge in [-0.05, 0) is 18.7 Å². The largest absolute Gasteiger partial charge is 0.374 e. The van der Waals surface area contributed by atoms with Crippen molar-refractivity contribution in [2.75, 3.05) is 32.8 Å². The normalized spacial score (nSPS) is 20.0. The highest BCUT2D eigenvalue weighted by atomic mass is 16.5. The number of nitrogens with one attached hydrogen (secondary N) is 1. The molecule has 0 saturated carbocycles. The van der Waals surface area contributed by atoms with Crippen LogP contribution in [0.25, 0.3) is 10.9 Å². The smallest absolute Gasteiger partial charge is 0.0826 e. The van der Waals surface area contributed by atoms with Crippen molar-refractivity contribution >= 4 is 10.9 Å². The van der Waals surface area contributed by atoms with E-state index in [-0.39, 0.29) is 0 Å². The van der Waals surface area contributed by atoms with Crippen LogP contribution in [0.4, 0.5) is 0 Å². The van der Waals surface area contributed by atoms with Crippen LogP contribution in [0.1, 0.15) is 12.6 Å². The maximum Gasteiger partial charge on any atom is 0.0826 e. The van der Waals surface area contributed by atoms with Gasteiger partial charge in [-0.2, -0.15) is 0 Å². The molecule has 2 aromatic rings. The summed E-state index contributed by atoms with van der Waals surface area (Å²) in [6.07, 6.45) is 0.291. The first-order valence-corrected chi connectivity index (χ1v) is 7.74. The van der Waals surface area contributed by atoms with Crippen molar-refractivity contribution in [2.24, 2.45) is 0 Å². The molecule has 0 bridgehead atoms. The first-order valence-electron chi connectivity index (χ1n) is 7.74. The number of hydrogen-bond donors (Lipinski definition) is 1. The van der Waals surface area contributed by atoms with Crippen LogP contribution in [0.3, 0.4) is 0 Å². The standard InChI is InChI=1S/C17H23N3O/c1-2-20-9-10-21-16(13-20)12-18-11-15-8-7-14-5-3-4-6-17(14)19-15/h3-8,16,18H,2,9-13H2,1H3. The highest BCUT2D eigenvalue weighted by molar-refractivity contribution is 5.78. The number of morpholine rings is 1. The van der Waals surface area contributed by atoms with Gasteiger partial charge in [0.2, 0.25) is 0 Å². The van der Waals surface area contributed by atoms with Gasteiger partial charge in [-0.1, -0.05) is 31.2 Å². The summed E-state index contributed by atoms with van der Waals surface area (Å²) in [4.78, 5) is 7.11. The maximum atomic E-state index is 5.79. The van der Waals surface area contributed by atoms with E-state index in [1.807, 2.05) is 12.1 Å². The second-order valence-corrected chi connectivity index (χ2v) is 5.51. The van der Waals surface area contributed by atoms with Crippen LogP contribution in [0.15, 0.2) is 36.4 Å². The molecule has 1 atom stereocenters. The summed E-state index contributed by atoms with van der Waals surface area (Å²) in [6.45, 7) is 7.89. The zero-order chi connectivity index (χ0) is 14.5. The Morgan fingerprint density at radius 3 is 3.10 bits per heavy atom. The lowest BCUT2D eigenvalue weighted by molar-refractivity contribution is -0.0254. The fraction of sp³-hybridized carbons (Fsp3) is 0.471. The zero-order valence-electron chi connectivity index (χ0n) is 12.6. The summed E-state index contributed by atoms with van der Waals surface area (Å²) in [5.74, 6) is 0. The minimum atomic E-state index is 0.291. The van der Waals surface area contributed by atoms with Crippen molar-refractivity contribution in [3.05, 3.63) is 42.1 Å². The van der Waals surface area contributed by atoms with Crippen LogP contribution in [0.2, 0.25) is 0 Å². The van der Waals surface area contributed by atoms with E-state index < -0.39 is 0 Å². The van der Waals surface area contributed by atoms with Crippen LogP contribution in [0.5, 0.6) is 0 Å². The molecule has 0 spiro atoms. The quantitative estimate of drug-likeness (QED) is 0.912. The van der Waals surface area contributed by atoms with Crippen LogP contribution in [-0.2, 0) is 11.3 Å². The number of ether oxygens (including phenoxy) is 1. The Labute approximate surface area is 126 Å². The SMILES string of the molecule is CCN1CCOC(CNCc2ccc3ccccc3n2)C1. The molecular formula is C17H23N3O. The van der Waals surface area contributed by atoms with Gasteiger partial charge in [-0.15, -0.1) is 0 Å². The van der Waals surface area contributed by atoms with Gasteiger partial charge in [0.1, 0.15) is 0 Å². The Hall–Kier alpha value is -1.49. The molecule has 1 aromatic carbocycles. The fourth-order valence-electron chi connectivity index (χ4n) is 2.76. The lowest BCUT2D eigenvalue weighted by atomic mass is 10.2. The average Bonchev–Trinajstić information content (AvgIpc) is 2.55. The van der Waals surface area contributed by atoms with E-state index in [4.69, 9.17) is 4.74 Å². The molecule has 2 heterocycles. The molecule has 1 fully saturated rings. The van der Waals surface area contributed by atoms with Crippen molar-refractivity contribution < 1.29 is 4.74 Å². The summed E-state index contributed by atoms with van der Waals surface area (Å²) >= 11 is 0. The number of hydrogen-bond acceptors (Lipinski definition) is 4. The number of benzene rings is 1. The summed E-state index contributed by atoms with van der Waals surface area (Å²) in [7, 11) is 0. The molecule has 1 N–H and O–H groups in total. The van der Waals surface area contributed by atoms with Gasteiger partial charge in [0, 0.05) is 31.6 Å². The first kappa shape index (κ1) is 14.4. The molecule has 1 aromatic heterocycles. The molecule has 0 radical (unpaired) electrons. The Morgan fingerprint density at radius 1 is 1.29 bits per heavy atom. The number of nitrogens with zero attached hydrogens (tertiary/aromatic N) is 2. The van der Waals surface area contributed by atoms with Gasteiger partial charge >= 0.3 is 0 Å². The number of pyridine rings is 1. The fourth-order valence-corrected chi connectivity index (χ4v) is 2.76. The summed E-state index contributed by atoms with van der Waals surface area (Å²) in [5, 5.41) is 4.66. The molecule has 21 heavy (non-hydrogen) atoms. The molecular weight excluding hydrogens is 262 g/mol. The van der Waals surface area contributed by atoms with Crippen molar-refractivity contribution in [1.29, 1.82) is 0 Å². The summed E-state index contributed by atoms with van der Waals surface area (Å²) < 4.78 is 5.79.